The van der Waals surface area contributed by atoms with E-state index in [0.717, 1.165) is 42.6 Å². The molecule has 32 heavy (non-hydrogen) atoms. The molecule has 1 saturated heterocycles. The van der Waals surface area contributed by atoms with Gasteiger partial charge in [-0.15, -0.1) is 24.0 Å². The van der Waals surface area contributed by atoms with Gasteiger partial charge in [0, 0.05) is 32.2 Å². The number of amides is 1. The van der Waals surface area contributed by atoms with Crippen LogP contribution in [0.15, 0.2) is 52.1 Å². The highest BCUT2D eigenvalue weighted by atomic mass is 127. The van der Waals surface area contributed by atoms with E-state index in [1.807, 2.05) is 50.2 Å². The molecule has 176 valence electrons. The molecule has 1 fully saturated rings. The molecule has 0 bridgehead atoms. The van der Waals surface area contributed by atoms with Crippen molar-refractivity contribution in [3.8, 4) is 0 Å². The summed E-state index contributed by atoms with van der Waals surface area (Å²) in [5, 5.41) is 9.78. The van der Waals surface area contributed by atoms with Crippen molar-refractivity contribution >= 4 is 41.5 Å². The van der Waals surface area contributed by atoms with Gasteiger partial charge >= 0.3 is 0 Å². The average molecular weight is 553 g/mol. The Labute approximate surface area is 208 Å². The molecular formula is C24H36IN5O2. The number of furan rings is 1. The lowest BCUT2D eigenvalue weighted by Crippen LogP contribution is -2.42. The molecule has 7 nitrogen and oxygen atoms in total. The van der Waals surface area contributed by atoms with Crippen molar-refractivity contribution in [2.24, 2.45) is 10.9 Å². The van der Waals surface area contributed by atoms with E-state index in [1.165, 1.54) is 12.8 Å². The normalized spacial score (nSPS) is 15.3. The van der Waals surface area contributed by atoms with Crippen LogP contribution in [0.25, 0.3) is 0 Å². The number of likely N-dealkylation sites (tertiary alicyclic amines) is 1. The van der Waals surface area contributed by atoms with Gasteiger partial charge in [-0.1, -0.05) is 26.0 Å². The van der Waals surface area contributed by atoms with Gasteiger partial charge in [0.05, 0.1) is 12.3 Å². The zero-order valence-electron chi connectivity index (χ0n) is 19.3. The summed E-state index contributed by atoms with van der Waals surface area (Å²) in [6.45, 7) is 7.60. The van der Waals surface area contributed by atoms with Crippen LogP contribution in [0, 0.1) is 5.92 Å². The van der Waals surface area contributed by atoms with Gasteiger partial charge in [-0.05, 0) is 61.7 Å². The van der Waals surface area contributed by atoms with Crippen LogP contribution in [0.1, 0.15) is 50.5 Å². The summed E-state index contributed by atoms with van der Waals surface area (Å²) in [6, 6.07) is 12.1. The summed E-state index contributed by atoms with van der Waals surface area (Å²) >= 11 is 0. The van der Waals surface area contributed by atoms with Crippen LogP contribution in [0.4, 0.5) is 5.69 Å². The summed E-state index contributed by atoms with van der Waals surface area (Å²) in [4.78, 5) is 18.9. The maximum atomic E-state index is 12.0. The number of halogens is 1. The van der Waals surface area contributed by atoms with E-state index in [9.17, 15) is 4.79 Å². The molecule has 0 spiro atoms. The molecule has 1 atom stereocenters. The van der Waals surface area contributed by atoms with E-state index in [4.69, 9.17) is 4.42 Å². The Bertz CT molecular complexity index is 848. The smallest absolute Gasteiger partial charge is 0.224 e. The molecule has 0 saturated carbocycles. The Hall–Kier alpha value is -2.07. The zero-order chi connectivity index (χ0) is 22.1. The lowest BCUT2D eigenvalue weighted by Gasteiger charge is -2.26. The highest BCUT2D eigenvalue weighted by Crippen LogP contribution is 2.24. The van der Waals surface area contributed by atoms with Crippen molar-refractivity contribution in [2.75, 3.05) is 32.0 Å². The van der Waals surface area contributed by atoms with Crippen molar-refractivity contribution in [1.29, 1.82) is 0 Å². The molecule has 1 aromatic carbocycles. The lowest BCUT2D eigenvalue weighted by molar-refractivity contribution is -0.116. The number of carbonyl (C=O) groups excluding carboxylic acids is 1. The van der Waals surface area contributed by atoms with Crippen LogP contribution in [-0.4, -0.2) is 43.4 Å². The van der Waals surface area contributed by atoms with Gasteiger partial charge in [0.25, 0.3) is 0 Å². The Kier molecular flexibility index (Phi) is 11.0. The maximum absolute atomic E-state index is 12.0. The van der Waals surface area contributed by atoms with Crippen LogP contribution in [0.3, 0.4) is 0 Å². The Balaban J connectivity index is 0.00000363. The number of hydrogen-bond acceptors (Lipinski definition) is 4. The first-order chi connectivity index (χ1) is 15.0. The highest BCUT2D eigenvalue weighted by molar-refractivity contribution is 14.0. The third-order valence-corrected chi connectivity index (χ3v) is 5.40. The van der Waals surface area contributed by atoms with E-state index in [0.29, 0.717) is 18.9 Å². The van der Waals surface area contributed by atoms with Crippen molar-refractivity contribution in [1.82, 2.24) is 15.5 Å². The first kappa shape index (κ1) is 26.2. The van der Waals surface area contributed by atoms with Crippen molar-refractivity contribution < 1.29 is 9.21 Å². The largest absolute Gasteiger partial charge is 0.468 e. The molecule has 1 amide bonds. The summed E-state index contributed by atoms with van der Waals surface area (Å²) in [6.07, 6.45) is 4.72. The van der Waals surface area contributed by atoms with E-state index < -0.39 is 0 Å². The average Bonchev–Trinajstić information content (AvgIpc) is 3.45. The predicted molar refractivity (Wildman–Crippen MR) is 140 cm³/mol. The van der Waals surface area contributed by atoms with Crippen LogP contribution in [0.5, 0.6) is 0 Å². The van der Waals surface area contributed by atoms with Crippen molar-refractivity contribution in [3.05, 3.63) is 54.0 Å². The maximum Gasteiger partial charge on any atom is 0.224 e. The van der Waals surface area contributed by atoms with E-state index >= 15 is 0 Å². The molecule has 1 aliphatic heterocycles. The predicted octanol–water partition coefficient (Wildman–Crippen LogP) is 4.38. The number of nitrogens with one attached hydrogen (secondary N) is 3. The van der Waals surface area contributed by atoms with Crippen LogP contribution >= 0.6 is 24.0 Å². The molecule has 1 aromatic heterocycles. The van der Waals surface area contributed by atoms with Gasteiger partial charge in [-0.3, -0.25) is 14.7 Å². The van der Waals surface area contributed by atoms with Crippen molar-refractivity contribution in [2.45, 2.75) is 45.7 Å². The Morgan fingerprint density at radius 2 is 1.94 bits per heavy atom. The molecule has 8 heteroatoms. The second-order valence-electron chi connectivity index (χ2n) is 8.43. The first-order valence-electron chi connectivity index (χ1n) is 11.2. The quantitative estimate of drug-likeness (QED) is 0.244. The molecule has 1 aliphatic rings. The number of benzene rings is 1. The number of aliphatic imine (C=N–C) groups is 1. The highest BCUT2D eigenvalue weighted by Gasteiger charge is 2.25. The zero-order valence-corrected chi connectivity index (χ0v) is 21.6. The third kappa shape index (κ3) is 8.12. The molecule has 2 heterocycles. The van der Waals surface area contributed by atoms with Crippen LogP contribution in [-0.2, 0) is 11.3 Å². The van der Waals surface area contributed by atoms with E-state index in [2.05, 4.69) is 25.8 Å². The summed E-state index contributed by atoms with van der Waals surface area (Å²) in [7, 11) is 1.77. The van der Waals surface area contributed by atoms with E-state index in [-0.39, 0.29) is 35.9 Å². The summed E-state index contributed by atoms with van der Waals surface area (Å²) in [5.41, 5.74) is 1.90. The third-order valence-electron chi connectivity index (χ3n) is 5.40. The molecule has 3 rings (SSSR count). The first-order valence-corrected chi connectivity index (χ1v) is 11.2. The van der Waals surface area contributed by atoms with Gasteiger partial charge in [-0.25, -0.2) is 0 Å². The topological polar surface area (TPSA) is 81.9 Å². The second-order valence-corrected chi connectivity index (χ2v) is 8.43. The van der Waals surface area contributed by atoms with E-state index in [1.54, 1.807) is 13.3 Å². The van der Waals surface area contributed by atoms with Gasteiger partial charge in [0.2, 0.25) is 5.91 Å². The molecular weight excluding hydrogens is 517 g/mol. The van der Waals surface area contributed by atoms with Crippen molar-refractivity contribution in [3.63, 3.8) is 0 Å². The molecule has 0 radical (unpaired) electrons. The van der Waals surface area contributed by atoms with Crippen LogP contribution in [0.2, 0.25) is 0 Å². The summed E-state index contributed by atoms with van der Waals surface area (Å²) < 4.78 is 5.70. The molecule has 3 N–H and O–H groups in total. The van der Waals surface area contributed by atoms with Crippen LogP contribution < -0.4 is 16.0 Å². The van der Waals surface area contributed by atoms with Gasteiger partial charge in [0.15, 0.2) is 5.96 Å². The van der Waals surface area contributed by atoms with Gasteiger partial charge in [-0.2, -0.15) is 0 Å². The standard InChI is InChI=1S/C24H35N5O2.HI/c1-18(2)14-23(30)28-20-9-6-8-19(15-20)16-26-24(25-3)27-17-21(22-10-7-13-31-22)29-11-4-5-12-29;/h6-10,13,15,18,21H,4-5,11-12,14,16-17H2,1-3H3,(H,28,30)(H2,25,26,27);1H. The Morgan fingerprint density at radius 1 is 1.16 bits per heavy atom. The number of carbonyl (C=O) groups is 1. The monoisotopic (exact) mass is 553 g/mol. The van der Waals surface area contributed by atoms with Gasteiger partial charge < -0.3 is 20.4 Å². The Morgan fingerprint density at radius 3 is 2.59 bits per heavy atom. The minimum atomic E-state index is 0. The summed E-state index contributed by atoms with van der Waals surface area (Å²) in [5.74, 6) is 2.10. The number of nitrogens with zero attached hydrogens (tertiary/aromatic N) is 2. The molecule has 2 aromatic rings. The number of rotatable bonds is 9. The molecule has 0 aliphatic carbocycles. The van der Waals surface area contributed by atoms with Gasteiger partial charge in [0.1, 0.15) is 5.76 Å². The molecule has 1 unspecified atom stereocenters. The lowest BCUT2D eigenvalue weighted by atomic mass is 10.1. The minimum Gasteiger partial charge on any atom is -0.468 e. The minimum absolute atomic E-state index is 0. The number of anilines is 1. The fourth-order valence-electron chi connectivity index (χ4n) is 3.89. The number of guanidine groups is 1. The fraction of sp³-hybridized carbons (Fsp3) is 0.500. The second kappa shape index (κ2) is 13.5. The SMILES string of the molecule is CN=C(NCc1cccc(NC(=O)CC(C)C)c1)NCC(c1ccco1)N1CCCC1.I. The number of hydrogen-bond donors (Lipinski definition) is 3. The fourth-order valence-corrected chi connectivity index (χ4v) is 3.89.